The lowest BCUT2D eigenvalue weighted by molar-refractivity contribution is -0.138. The van der Waals surface area contributed by atoms with Crippen LogP contribution in [0.25, 0.3) is 0 Å². The number of carbonyl (C=O) groups excluding carboxylic acids is 1. The second-order valence-electron chi connectivity index (χ2n) is 4.84. The van der Waals surface area contributed by atoms with Gasteiger partial charge < -0.3 is 15.2 Å². The largest absolute Gasteiger partial charge is 0.481 e. The second kappa shape index (κ2) is 6.59. The lowest BCUT2D eigenvalue weighted by atomic mass is 10.0. The van der Waals surface area contributed by atoms with Crippen LogP contribution in [0.2, 0.25) is 0 Å². The summed E-state index contributed by atoms with van der Waals surface area (Å²) in [6.45, 7) is 5.17. The third-order valence-electron chi connectivity index (χ3n) is 3.15. The Morgan fingerprint density at radius 1 is 1.47 bits per heavy atom. The van der Waals surface area contributed by atoms with Gasteiger partial charge in [-0.05, 0) is 19.3 Å². The summed E-state index contributed by atoms with van der Waals surface area (Å²) in [6.07, 6.45) is 1.49. The Hall–Kier alpha value is -1.10. The van der Waals surface area contributed by atoms with E-state index in [9.17, 15) is 9.59 Å². The fourth-order valence-corrected chi connectivity index (χ4v) is 2.05. The smallest absolute Gasteiger partial charge is 0.303 e. The SMILES string of the molecule is CC(CC(=O)O)CC(=O)NCC1CCOC1C. The zero-order valence-corrected chi connectivity index (χ0v) is 10.4. The van der Waals surface area contributed by atoms with E-state index in [2.05, 4.69) is 5.32 Å². The molecular formula is C12H21NO4. The van der Waals surface area contributed by atoms with Crippen LogP contribution in [0.3, 0.4) is 0 Å². The molecule has 17 heavy (non-hydrogen) atoms. The Bertz CT molecular complexity index is 280. The maximum atomic E-state index is 11.6. The van der Waals surface area contributed by atoms with Gasteiger partial charge in [0.05, 0.1) is 6.10 Å². The van der Waals surface area contributed by atoms with Gasteiger partial charge in [0.25, 0.3) is 0 Å². The number of carboxylic acids is 1. The molecule has 1 heterocycles. The molecule has 0 aromatic rings. The molecule has 0 aliphatic carbocycles. The highest BCUT2D eigenvalue weighted by atomic mass is 16.5. The Morgan fingerprint density at radius 3 is 2.71 bits per heavy atom. The quantitative estimate of drug-likeness (QED) is 0.730. The molecule has 5 heteroatoms. The van der Waals surface area contributed by atoms with Crippen molar-refractivity contribution in [1.29, 1.82) is 0 Å². The van der Waals surface area contributed by atoms with E-state index in [1.807, 2.05) is 6.92 Å². The molecule has 0 bridgehead atoms. The number of carbonyl (C=O) groups is 2. The van der Waals surface area contributed by atoms with Crippen LogP contribution in [0.4, 0.5) is 0 Å². The Morgan fingerprint density at radius 2 is 2.18 bits per heavy atom. The summed E-state index contributed by atoms with van der Waals surface area (Å²) in [4.78, 5) is 22.0. The molecule has 0 saturated carbocycles. The minimum absolute atomic E-state index is 0.0381. The molecule has 98 valence electrons. The van der Waals surface area contributed by atoms with Crippen LogP contribution in [0, 0.1) is 11.8 Å². The number of aliphatic carboxylic acids is 1. The maximum absolute atomic E-state index is 11.6. The number of hydrogen-bond donors (Lipinski definition) is 2. The first-order valence-corrected chi connectivity index (χ1v) is 6.09. The number of rotatable bonds is 6. The predicted octanol–water partition coefficient (Wildman–Crippen LogP) is 1.03. The molecular weight excluding hydrogens is 222 g/mol. The zero-order valence-electron chi connectivity index (χ0n) is 10.4. The summed E-state index contributed by atoms with van der Waals surface area (Å²) in [5, 5.41) is 11.4. The van der Waals surface area contributed by atoms with E-state index in [1.165, 1.54) is 0 Å². The van der Waals surface area contributed by atoms with Crippen molar-refractivity contribution in [2.24, 2.45) is 11.8 Å². The number of hydrogen-bond acceptors (Lipinski definition) is 3. The summed E-state index contributed by atoms with van der Waals surface area (Å²) in [6, 6.07) is 0. The lowest BCUT2D eigenvalue weighted by Crippen LogP contribution is -2.32. The van der Waals surface area contributed by atoms with E-state index in [0.717, 1.165) is 13.0 Å². The van der Waals surface area contributed by atoms with Crippen LogP contribution >= 0.6 is 0 Å². The monoisotopic (exact) mass is 243 g/mol. The van der Waals surface area contributed by atoms with Crippen molar-refractivity contribution in [1.82, 2.24) is 5.32 Å². The van der Waals surface area contributed by atoms with Crippen molar-refractivity contribution < 1.29 is 19.4 Å². The third kappa shape index (κ3) is 5.17. The van der Waals surface area contributed by atoms with Crippen LogP contribution < -0.4 is 5.32 Å². The van der Waals surface area contributed by atoms with E-state index >= 15 is 0 Å². The van der Waals surface area contributed by atoms with Gasteiger partial charge in [-0.15, -0.1) is 0 Å². The Kier molecular flexibility index (Phi) is 5.41. The Balaban J connectivity index is 2.18. The average molecular weight is 243 g/mol. The van der Waals surface area contributed by atoms with Crippen molar-refractivity contribution in [2.45, 2.75) is 39.2 Å². The molecule has 1 rings (SSSR count). The maximum Gasteiger partial charge on any atom is 0.303 e. The van der Waals surface area contributed by atoms with Gasteiger partial charge in [0.1, 0.15) is 0 Å². The van der Waals surface area contributed by atoms with E-state index in [4.69, 9.17) is 9.84 Å². The molecule has 1 amide bonds. The number of amides is 1. The standard InChI is InChI=1S/C12H21NO4/c1-8(6-12(15)16)5-11(14)13-7-10-3-4-17-9(10)2/h8-10H,3-7H2,1-2H3,(H,13,14)(H,15,16). The summed E-state index contributed by atoms with van der Waals surface area (Å²) in [7, 11) is 0. The minimum Gasteiger partial charge on any atom is -0.481 e. The van der Waals surface area contributed by atoms with E-state index in [1.54, 1.807) is 6.92 Å². The van der Waals surface area contributed by atoms with Gasteiger partial charge >= 0.3 is 5.97 Å². The highest BCUT2D eigenvalue weighted by molar-refractivity contribution is 5.77. The van der Waals surface area contributed by atoms with Gasteiger partial charge in [-0.25, -0.2) is 0 Å². The number of ether oxygens (including phenoxy) is 1. The van der Waals surface area contributed by atoms with Crippen LogP contribution in [0.15, 0.2) is 0 Å². The minimum atomic E-state index is -0.858. The molecule has 1 aliphatic heterocycles. The molecule has 0 spiro atoms. The van der Waals surface area contributed by atoms with Crippen molar-refractivity contribution in [2.75, 3.05) is 13.2 Å². The van der Waals surface area contributed by atoms with Crippen LogP contribution in [0.1, 0.15) is 33.1 Å². The summed E-state index contributed by atoms with van der Waals surface area (Å²) in [5.41, 5.74) is 0. The van der Waals surface area contributed by atoms with Gasteiger partial charge in [0.15, 0.2) is 0 Å². The molecule has 1 aliphatic rings. The Labute approximate surface area is 102 Å². The van der Waals surface area contributed by atoms with E-state index in [-0.39, 0.29) is 30.8 Å². The van der Waals surface area contributed by atoms with Gasteiger partial charge in [-0.1, -0.05) is 6.92 Å². The molecule has 2 N–H and O–H groups in total. The van der Waals surface area contributed by atoms with E-state index in [0.29, 0.717) is 12.5 Å². The molecule has 0 radical (unpaired) electrons. The molecule has 3 unspecified atom stereocenters. The van der Waals surface area contributed by atoms with Gasteiger partial charge in [-0.2, -0.15) is 0 Å². The fraction of sp³-hybridized carbons (Fsp3) is 0.833. The molecule has 0 aromatic heterocycles. The molecule has 1 saturated heterocycles. The average Bonchev–Trinajstić information content (AvgIpc) is 2.59. The van der Waals surface area contributed by atoms with Gasteiger partial charge in [0.2, 0.25) is 5.91 Å². The number of nitrogens with one attached hydrogen (secondary N) is 1. The first-order valence-electron chi connectivity index (χ1n) is 6.09. The van der Waals surface area contributed by atoms with Crippen LogP contribution in [-0.4, -0.2) is 36.2 Å². The summed E-state index contributed by atoms with van der Waals surface area (Å²) in [5.74, 6) is -0.667. The lowest BCUT2D eigenvalue weighted by Gasteiger charge is -2.15. The summed E-state index contributed by atoms with van der Waals surface area (Å²) < 4.78 is 5.40. The first-order chi connectivity index (χ1) is 7.99. The van der Waals surface area contributed by atoms with Crippen LogP contribution in [-0.2, 0) is 14.3 Å². The van der Waals surface area contributed by atoms with Crippen molar-refractivity contribution in [3.8, 4) is 0 Å². The van der Waals surface area contributed by atoms with E-state index < -0.39 is 5.97 Å². The molecule has 1 fully saturated rings. The van der Waals surface area contributed by atoms with Crippen molar-refractivity contribution in [3.05, 3.63) is 0 Å². The van der Waals surface area contributed by atoms with Crippen LogP contribution in [0.5, 0.6) is 0 Å². The van der Waals surface area contributed by atoms with Gasteiger partial charge in [-0.3, -0.25) is 9.59 Å². The summed E-state index contributed by atoms with van der Waals surface area (Å²) >= 11 is 0. The van der Waals surface area contributed by atoms with Crippen molar-refractivity contribution >= 4 is 11.9 Å². The normalized spacial score (nSPS) is 25.5. The zero-order chi connectivity index (χ0) is 12.8. The number of carboxylic acid groups (broad SMARTS) is 1. The molecule has 3 atom stereocenters. The molecule has 0 aromatic carbocycles. The fourth-order valence-electron chi connectivity index (χ4n) is 2.05. The topological polar surface area (TPSA) is 75.6 Å². The van der Waals surface area contributed by atoms with Gasteiger partial charge in [0, 0.05) is 31.9 Å². The molecule has 5 nitrogen and oxygen atoms in total. The third-order valence-corrected chi connectivity index (χ3v) is 3.15. The second-order valence-corrected chi connectivity index (χ2v) is 4.84. The first kappa shape index (κ1) is 14.0. The van der Waals surface area contributed by atoms with Crippen molar-refractivity contribution in [3.63, 3.8) is 0 Å². The highest BCUT2D eigenvalue weighted by Crippen LogP contribution is 2.19. The predicted molar refractivity (Wildman–Crippen MR) is 62.6 cm³/mol. The highest BCUT2D eigenvalue weighted by Gasteiger charge is 2.24.